The van der Waals surface area contributed by atoms with Gasteiger partial charge in [0.05, 0.1) is 21.9 Å². The van der Waals surface area contributed by atoms with Crippen LogP contribution in [0.1, 0.15) is 22.1 Å². The summed E-state index contributed by atoms with van der Waals surface area (Å²) in [6.45, 7) is 4.07. The number of nitrogens with zero attached hydrogens (tertiary/aromatic N) is 4. The Balaban J connectivity index is 1.81. The Hall–Kier alpha value is -2.47. The molecule has 4 rings (SSSR count). The van der Waals surface area contributed by atoms with Gasteiger partial charge in [0.25, 0.3) is 0 Å². The number of aromatic nitrogens is 5. The number of H-pyrrole nitrogens is 1. The Labute approximate surface area is 131 Å². The fraction of sp³-hybridized carbons (Fsp3) is 0.188. The van der Waals surface area contributed by atoms with Crippen molar-refractivity contribution in [2.75, 3.05) is 0 Å². The third kappa shape index (κ3) is 2.21. The van der Waals surface area contributed by atoms with Crippen molar-refractivity contribution in [1.82, 2.24) is 25.0 Å². The highest BCUT2D eigenvalue weighted by molar-refractivity contribution is 7.09. The lowest BCUT2D eigenvalue weighted by molar-refractivity contribution is 0.835. The van der Waals surface area contributed by atoms with E-state index in [1.165, 1.54) is 0 Å². The molecule has 0 aliphatic carbocycles. The molecule has 6 heteroatoms. The van der Waals surface area contributed by atoms with Crippen LogP contribution in [-0.4, -0.2) is 25.0 Å². The largest absolute Gasteiger partial charge is 0.281 e. The summed E-state index contributed by atoms with van der Waals surface area (Å²) in [5, 5.41) is 16.3. The van der Waals surface area contributed by atoms with Crippen molar-refractivity contribution in [3.63, 3.8) is 0 Å². The molecule has 0 saturated heterocycles. The van der Waals surface area contributed by atoms with Gasteiger partial charge in [-0.3, -0.25) is 5.10 Å². The van der Waals surface area contributed by atoms with E-state index < -0.39 is 0 Å². The van der Waals surface area contributed by atoms with Gasteiger partial charge < -0.3 is 0 Å². The number of hydrogen-bond acceptors (Lipinski definition) is 4. The molecule has 1 aromatic carbocycles. The predicted molar refractivity (Wildman–Crippen MR) is 87.6 cm³/mol. The molecule has 0 amide bonds. The highest BCUT2D eigenvalue weighted by atomic mass is 32.1. The van der Waals surface area contributed by atoms with Gasteiger partial charge in [-0.25, -0.2) is 9.67 Å². The van der Waals surface area contributed by atoms with Crippen LogP contribution in [0.4, 0.5) is 0 Å². The SMILES string of the molecule is Cc1cc(C)n(-c2ccc3n[nH]c(Cc4nccs4)c3c2)n1. The molecule has 0 radical (unpaired) electrons. The van der Waals surface area contributed by atoms with Crippen LogP contribution in [0.2, 0.25) is 0 Å². The number of hydrogen-bond donors (Lipinski definition) is 1. The molecule has 4 aromatic rings. The van der Waals surface area contributed by atoms with Gasteiger partial charge in [0.15, 0.2) is 0 Å². The van der Waals surface area contributed by atoms with Crippen LogP contribution in [-0.2, 0) is 6.42 Å². The standard InChI is InChI=1S/C16H15N5S/c1-10-7-11(2)21(20-10)12-3-4-14-13(8-12)15(19-18-14)9-16-17-5-6-22-16/h3-8H,9H2,1-2H3,(H,18,19). The third-order valence-electron chi connectivity index (χ3n) is 3.68. The first-order valence-corrected chi connectivity index (χ1v) is 7.98. The molecular formula is C16H15N5S. The maximum Gasteiger partial charge on any atom is 0.0984 e. The van der Waals surface area contributed by atoms with E-state index in [0.717, 1.165) is 45.1 Å². The van der Waals surface area contributed by atoms with Gasteiger partial charge in [-0.05, 0) is 38.1 Å². The van der Waals surface area contributed by atoms with Crippen LogP contribution in [0.5, 0.6) is 0 Å². The summed E-state index contributed by atoms with van der Waals surface area (Å²) in [5.74, 6) is 0. The molecule has 3 aromatic heterocycles. The fourth-order valence-electron chi connectivity index (χ4n) is 2.70. The summed E-state index contributed by atoms with van der Waals surface area (Å²) in [5.41, 5.74) is 5.26. The zero-order valence-electron chi connectivity index (χ0n) is 12.4. The van der Waals surface area contributed by atoms with Crippen molar-refractivity contribution >= 4 is 22.2 Å². The first kappa shape index (κ1) is 13.2. The van der Waals surface area contributed by atoms with E-state index in [1.54, 1.807) is 11.3 Å². The summed E-state index contributed by atoms with van der Waals surface area (Å²) in [4.78, 5) is 4.35. The first-order valence-electron chi connectivity index (χ1n) is 7.10. The molecule has 5 nitrogen and oxygen atoms in total. The minimum absolute atomic E-state index is 0.773. The van der Waals surface area contributed by atoms with Gasteiger partial charge in [0, 0.05) is 34.8 Å². The molecule has 1 N–H and O–H groups in total. The number of aromatic amines is 1. The van der Waals surface area contributed by atoms with E-state index in [0.29, 0.717) is 0 Å². The highest BCUT2D eigenvalue weighted by Gasteiger charge is 2.10. The molecule has 0 bridgehead atoms. The van der Waals surface area contributed by atoms with Gasteiger partial charge in [-0.2, -0.15) is 10.2 Å². The van der Waals surface area contributed by atoms with Crippen LogP contribution in [0, 0.1) is 13.8 Å². The normalized spacial score (nSPS) is 11.4. The van der Waals surface area contributed by atoms with Crippen molar-refractivity contribution < 1.29 is 0 Å². The average Bonchev–Trinajstić information content (AvgIpc) is 3.21. The quantitative estimate of drug-likeness (QED) is 0.631. The monoisotopic (exact) mass is 309 g/mol. The maximum atomic E-state index is 4.55. The number of nitrogens with one attached hydrogen (secondary N) is 1. The Morgan fingerprint density at radius 2 is 2.14 bits per heavy atom. The summed E-state index contributed by atoms with van der Waals surface area (Å²) in [7, 11) is 0. The second-order valence-corrected chi connectivity index (χ2v) is 6.32. The van der Waals surface area contributed by atoms with Crippen molar-refractivity contribution in [3.8, 4) is 5.69 Å². The smallest absolute Gasteiger partial charge is 0.0984 e. The lowest BCUT2D eigenvalue weighted by Crippen LogP contribution is -1.98. The van der Waals surface area contributed by atoms with Crippen LogP contribution < -0.4 is 0 Å². The molecule has 0 spiro atoms. The number of fused-ring (bicyclic) bond motifs is 1. The highest BCUT2D eigenvalue weighted by Crippen LogP contribution is 2.23. The molecule has 3 heterocycles. The topological polar surface area (TPSA) is 59.4 Å². The number of aryl methyl sites for hydroxylation is 2. The van der Waals surface area contributed by atoms with Crippen LogP contribution in [0.25, 0.3) is 16.6 Å². The number of thiazole rings is 1. The van der Waals surface area contributed by atoms with E-state index in [4.69, 9.17) is 0 Å². The van der Waals surface area contributed by atoms with E-state index >= 15 is 0 Å². The second-order valence-electron chi connectivity index (χ2n) is 5.35. The molecule has 0 unspecified atom stereocenters. The van der Waals surface area contributed by atoms with Gasteiger partial charge in [0.2, 0.25) is 0 Å². The van der Waals surface area contributed by atoms with Gasteiger partial charge in [-0.15, -0.1) is 11.3 Å². The van der Waals surface area contributed by atoms with Crippen molar-refractivity contribution in [3.05, 3.63) is 57.9 Å². The molecule has 0 aliphatic rings. The molecular weight excluding hydrogens is 294 g/mol. The van der Waals surface area contributed by atoms with Crippen LogP contribution >= 0.6 is 11.3 Å². The van der Waals surface area contributed by atoms with E-state index in [1.807, 2.05) is 29.2 Å². The van der Waals surface area contributed by atoms with Crippen molar-refractivity contribution in [1.29, 1.82) is 0 Å². The minimum Gasteiger partial charge on any atom is -0.281 e. The number of rotatable bonds is 3. The summed E-state index contributed by atoms with van der Waals surface area (Å²) >= 11 is 1.66. The summed E-state index contributed by atoms with van der Waals surface area (Å²) < 4.78 is 1.97. The summed E-state index contributed by atoms with van der Waals surface area (Å²) in [6.07, 6.45) is 2.61. The molecule has 0 aliphatic heterocycles. The Morgan fingerprint density at radius 3 is 2.86 bits per heavy atom. The lowest BCUT2D eigenvalue weighted by Gasteiger charge is -2.04. The molecule has 110 valence electrons. The van der Waals surface area contributed by atoms with Crippen molar-refractivity contribution in [2.24, 2.45) is 0 Å². The third-order valence-corrected chi connectivity index (χ3v) is 4.46. The summed E-state index contributed by atoms with van der Waals surface area (Å²) in [6, 6.07) is 8.30. The van der Waals surface area contributed by atoms with Gasteiger partial charge in [-0.1, -0.05) is 0 Å². The minimum atomic E-state index is 0.773. The molecule has 0 saturated carbocycles. The molecule has 0 fully saturated rings. The first-order chi connectivity index (χ1) is 10.7. The predicted octanol–water partition coefficient (Wildman–Crippen LogP) is 3.41. The number of benzene rings is 1. The zero-order valence-corrected chi connectivity index (χ0v) is 13.2. The zero-order chi connectivity index (χ0) is 15.1. The van der Waals surface area contributed by atoms with Gasteiger partial charge >= 0.3 is 0 Å². The van der Waals surface area contributed by atoms with Crippen molar-refractivity contribution in [2.45, 2.75) is 20.3 Å². The van der Waals surface area contributed by atoms with Gasteiger partial charge in [0.1, 0.15) is 0 Å². The maximum absolute atomic E-state index is 4.55. The van der Waals surface area contributed by atoms with E-state index in [2.05, 4.69) is 45.4 Å². The van der Waals surface area contributed by atoms with E-state index in [9.17, 15) is 0 Å². The van der Waals surface area contributed by atoms with Crippen LogP contribution in [0.3, 0.4) is 0 Å². The Morgan fingerprint density at radius 1 is 1.23 bits per heavy atom. The Kier molecular flexibility index (Phi) is 3.04. The second kappa shape index (κ2) is 5.06. The Bertz CT molecular complexity index is 933. The molecule has 22 heavy (non-hydrogen) atoms. The molecule has 0 atom stereocenters. The van der Waals surface area contributed by atoms with Crippen LogP contribution in [0.15, 0.2) is 35.8 Å². The van der Waals surface area contributed by atoms with E-state index in [-0.39, 0.29) is 0 Å². The fourth-order valence-corrected chi connectivity index (χ4v) is 3.33. The average molecular weight is 309 g/mol. The lowest BCUT2D eigenvalue weighted by atomic mass is 10.1.